The molecule has 0 bridgehead atoms. The van der Waals surface area contributed by atoms with Crippen LogP contribution in [0.4, 0.5) is 0 Å². The van der Waals surface area contributed by atoms with Crippen molar-refractivity contribution in [3.05, 3.63) is 60.0 Å². The van der Waals surface area contributed by atoms with E-state index in [1.807, 2.05) is 30.3 Å². The summed E-state index contributed by atoms with van der Waals surface area (Å²) in [5.41, 5.74) is 3.12. The van der Waals surface area contributed by atoms with E-state index < -0.39 is 0 Å². The predicted molar refractivity (Wildman–Crippen MR) is 116 cm³/mol. The van der Waals surface area contributed by atoms with Crippen molar-refractivity contribution in [3.8, 4) is 28.5 Å². The Hall–Kier alpha value is -3.13. The molecule has 8 heteroatoms. The van der Waals surface area contributed by atoms with E-state index >= 15 is 0 Å². The second-order valence-corrected chi connectivity index (χ2v) is 7.80. The van der Waals surface area contributed by atoms with Gasteiger partial charge in [0.25, 0.3) is 0 Å². The van der Waals surface area contributed by atoms with Gasteiger partial charge in [-0.15, -0.1) is 10.2 Å². The molecule has 0 fully saturated rings. The Morgan fingerprint density at radius 3 is 2.70 bits per heavy atom. The SMILES string of the molecule is CCCn1c(SCc2nc(-c3cccc(OC)c3)no2)nnc1-c1cccc(C)c1. The molecule has 0 aliphatic heterocycles. The van der Waals surface area contributed by atoms with Gasteiger partial charge in [0.15, 0.2) is 11.0 Å². The molecule has 0 aliphatic rings. The number of thioether (sulfide) groups is 1. The van der Waals surface area contributed by atoms with Crippen molar-refractivity contribution in [3.63, 3.8) is 0 Å². The molecule has 0 amide bonds. The van der Waals surface area contributed by atoms with Crippen LogP contribution in [0.25, 0.3) is 22.8 Å². The smallest absolute Gasteiger partial charge is 0.237 e. The molecular formula is C22H23N5O2S. The summed E-state index contributed by atoms with van der Waals surface area (Å²) in [6, 6.07) is 15.9. The van der Waals surface area contributed by atoms with Crippen LogP contribution in [0.1, 0.15) is 24.8 Å². The molecule has 0 saturated heterocycles. The third-order valence-electron chi connectivity index (χ3n) is 4.56. The fourth-order valence-corrected chi connectivity index (χ4v) is 3.94. The van der Waals surface area contributed by atoms with E-state index in [-0.39, 0.29) is 0 Å². The van der Waals surface area contributed by atoms with Crippen molar-refractivity contribution in [1.29, 1.82) is 0 Å². The van der Waals surface area contributed by atoms with Crippen LogP contribution in [0.15, 0.2) is 58.2 Å². The molecule has 0 unspecified atom stereocenters. The molecule has 2 aromatic carbocycles. The molecule has 0 spiro atoms. The van der Waals surface area contributed by atoms with Crippen LogP contribution in [-0.2, 0) is 12.3 Å². The van der Waals surface area contributed by atoms with Crippen LogP contribution >= 0.6 is 11.8 Å². The van der Waals surface area contributed by atoms with Crippen molar-refractivity contribution in [2.45, 2.75) is 37.7 Å². The minimum atomic E-state index is 0.520. The number of nitrogens with zero attached hydrogens (tertiary/aromatic N) is 5. The summed E-state index contributed by atoms with van der Waals surface area (Å²) in [4.78, 5) is 4.51. The maximum atomic E-state index is 5.44. The summed E-state index contributed by atoms with van der Waals surface area (Å²) < 4.78 is 12.9. The van der Waals surface area contributed by atoms with Gasteiger partial charge in [0.2, 0.25) is 11.7 Å². The third kappa shape index (κ3) is 4.38. The lowest BCUT2D eigenvalue weighted by Gasteiger charge is -2.08. The van der Waals surface area contributed by atoms with E-state index in [2.05, 4.69) is 57.0 Å². The molecule has 0 N–H and O–H groups in total. The van der Waals surface area contributed by atoms with Crippen LogP contribution in [0.3, 0.4) is 0 Å². The summed E-state index contributed by atoms with van der Waals surface area (Å²) in [7, 11) is 1.63. The monoisotopic (exact) mass is 421 g/mol. The zero-order chi connectivity index (χ0) is 20.9. The first-order valence-corrected chi connectivity index (χ1v) is 10.8. The van der Waals surface area contributed by atoms with E-state index in [9.17, 15) is 0 Å². The number of benzene rings is 2. The van der Waals surface area contributed by atoms with Gasteiger partial charge < -0.3 is 13.8 Å². The maximum absolute atomic E-state index is 5.44. The average molecular weight is 422 g/mol. The number of hydrogen-bond donors (Lipinski definition) is 0. The van der Waals surface area contributed by atoms with Crippen molar-refractivity contribution >= 4 is 11.8 Å². The van der Waals surface area contributed by atoms with Crippen molar-refractivity contribution in [2.75, 3.05) is 7.11 Å². The summed E-state index contributed by atoms with van der Waals surface area (Å²) in [5.74, 6) is 3.24. The van der Waals surface area contributed by atoms with Gasteiger partial charge in [-0.3, -0.25) is 0 Å². The van der Waals surface area contributed by atoms with E-state index in [4.69, 9.17) is 9.26 Å². The van der Waals surface area contributed by atoms with Gasteiger partial charge >= 0.3 is 0 Å². The van der Waals surface area contributed by atoms with Crippen LogP contribution in [0.5, 0.6) is 5.75 Å². The largest absolute Gasteiger partial charge is 0.497 e. The Balaban J connectivity index is 1.52. The van der Waals surface area contributed by atoms with E-state index in [1.54, 1.807) is 18.9 Å². The number of ether oxygens (including phenoxy) is 1. The Morgan fingerprint density at radius 1 is 1.07 bits per heavy atom. The van der Waals surface area contributed by atoms with Crippen LogP contribution in [0, 0.1) is 6.92 Å². The van der Waals surface area contributed by atoms with Crippen molar-refractivity contribution in [2.24, 2.45) is 0 Å². The Labute approximate surface area is 179 Å². The first-order valence-electron chi connectivity index (χ1n) is 9.78. The van der Waals surface area contributed by atoms with Gasteiger partial charge in [-0.05, 0) is 31.5 Å². The molecule has 30 heavy (non-hydrogen) atoms. The lowest BCUT2D eigenvalue weighted by atomic mass is 10.1. The Morgan fingerprint density at radius 2 is 1.90 bits per heavy atom. The number of rotatable bonds is 8. The summed E-state index contributed by atoms with van der Waals surface area (Å²) in [5, 5.41) is 13.8. The molecule has 0 aliphatic carbocycles. The highest BCUT2D eigenvalue weighted by Crippen LogP contribution is 2.28. The quantitative estimate of drug-likeness (QED) is 0.370. The molecule has 0 radical (unpaired) electrons. The molecular weight excluding hydrogens is 398 g/mol. The van der Waals surface area contributed by atoms with E-state index in [1.165, 1.54) is 5.56 Å². The van der Waals surface area contributed by atoms with Gasteiger partial charge in [0.1, 0.15) is 5.75 Å². The van der Waals surface area contributed by atoms with Gasteiger partial charge in [-0.2, -0.15) is 4.98 Å². The molecule has 2 aromatic heterocycles. The van der Waals surface area contributed by atoms with Crippen molar-refractivity contribution < 1.29 is 9.26 Å². The first kappa shape index (κ1) is 20.2. The Bertz CT molecular complexity index is 1140. The third-order valence-corrected chi connectivity index (χ3v) is 5.51. The highest BCUT2D eigenvalue weighted by Gasteiger charge is 2.16. The second-order valence-electron chi connectivity index (χ2n) is 6.86. The molecule has 0 atom stereocenters. The van der Waals surface area contributed by atoms with Crippen LogP contribution < -0.4 is 4.74 Å². The molecule has 7 nitrogen and oxygen atoms in total. The predicted octanol–water partition coefficient (Wildman–Crippen LogP) is 5.01. The Kier molecular flexibility index (Phi) is 6.13. The normalized spacial score (nSPS) is 11.0. The maximum Gasteiger partial charge on any atom is 0.237 e. The zero-order valence-corrected chi connectivity index (χ0v) is 18.0. The zero-order valence-electron chi connectivity index (χ0n) is 17.2. The minimum Gasteiger partial charge on any atom is -0.497 e. The fourth-order valence-electron chi connectivity index (χ4n) is 3.14. The average Bonchev–Trinajstić information content (AvgIpc) is 3.40. The van der Waals surface area contributed by atoms with E-state index in [0.717, 1.165) is 40.8 Å². The molecule has 2 heterocycles. The van der Waals surface area contributed by atoms with Crippen LogP contribution in [0.2, 0.25) is 0 Å². The van der Waals surface area contributed by atoms with Gasteiger partial charge in [-0.25, -0.2) is 0 Å². The standard InChI is InChI=1S/C22H23N5O2S/c1-4-11-27-21(17-9-5-7-15(2)12-17)24-25-22(27)30-14-19-23-20(26-29-19)16-8-6-10-18(13-16)28-3/h5-10,12-13H,4,11,14H2,1-3H3. The molecule has 4 aromatic rings. The first-order chi connectivity index (χ1) is 14.7. The van der Waals surface area contributed by atoms with E-state index in [0.29, 0.717) is 17.5 Å². The summed E-state index contributed by atoms with van der Waals surface area (Å²) in [6.45, 7) is 5.07. The lowest BCUT2D eigenvalue weighted by Crippen LogP contribution is -2.02. The summed E-state index contributed by atoms with van der Waals surface area (Å²) >= 11 is 1.54. The molecule has 4 rings (SSSR count). The fraction of sp³-hybridized carbons (Fsp3) is 0.273. The minimum absolute atomic E-state index is 0.520. The van der Waals surface area contributed by atoms with Gasteiger partial charge in [0.05, 0.1) is 12.9 Å². The lowest BCUT2D eigenvalue weighted by molar-refractivity contribution is 0.391. The molecule has 0 saturated carbocycles. The van der Waals surface area contributed by atoms with Gasteiger partial charge in [0, 0.05) is 17.7 Å². The van der Waals surface area contributed by atoms with Crippen LogP contribution in [-0.4, -0.2) is 32.0 Å². The van der Waals surface area contributed by atoms with Gasteiger partial charge in [-0.1, -0.05) is 59.7 Å². The highest BCUT2D eigenvalue weighted by atomic mass is 32.2. The second kappa shape index (κ2) is 9.13. The molecule has 154 valence electrons. The number of methoxy groups -OCH3 is 1. The number of aromatic nitrogens is 5. The highest BCUT2D eigenvalue weighted by molar-refractivity contribution is 7.98. The summed E-state index contributed by atoms with van der Waals surface area (Å²) in [6.07, 6.45) is 0.991. The number of hydrogen-bond acceptors (Lipinski definition) is 7. The van der Waals surface area contributed by atoms with Crippen molar-refractivity contribution in [1.82, 2.24) is 24.9 Å². The topological polar surface area (TPSA) is 78.9 Å². The number of aryl methyl sites for hydroxylation is 1.